The molecule has 0 saturated carbocycles. The third-order valence-corrected chi connectivity index (χ3v) is 2.03. The zero-order valence-corrected chi connectivity index (χ0v) is 8.30. The van der Waals surface area contributed by atoms with Crippen LogP contribution < -0.4 is 5.73 Å². The molecule has 60 valence electrons. The van der Waals surface area contributed by atoms with Gasteiger partial charge in [-0.25, -0.2) is 4.39 Å². The summed E-state index contributed by atoms with van der Waals surface area (Å²) < 4.78 is 13.6. The van der Waals surface area contributed by atoms with Crippen LogP contribution in [0.4, 0.5) is 4.39 Å². The fourth-order valence-electron chi connectivity index (χ4n) is 0.838. The highest BCUT2D eigenvalue weighted by Crippen LogP contribution is 2.15. The van der Waals surface area contributed by atoms with Gasteiger partial charge in [-0.2, -0.15) is 0 Å². The van der Waals surface area contributed by atoms with Gasteiger partial charge < -0.3 is 5.73 Å². The first-order chi connectivity index (χ1) is 5.09. The molecule has 0 aliphatic heterocycles. The molecule has 0 spiro atoms. The lowest BCUT2D eigenvalue weighted by atomic mass is 10.1. The highest BCUT2D eigenvalue weighted by atomic mass is 127. The summed E-state index contributed by atoms with van der Waals surface area (Å²) in [6, 6.07) is 4.73. The molecule has 0 amide bonds. The van der Waals surface area contributed by atoms with Crippen LogP contribution in [0.15, 0.2) is 18.2 Å². The van der Waals surface area contributed by atoms with Gasteiger partial charge in [-0.3, -0.25) is 0 Å². The third-order valence-electron chi connectivity index (χ3n) is 1.41. The molecule has 0 aliphatic carbocycles. The second-order valence-electron chi connectivity index (χ2n) is 2.49. The first-order valence-corrected chi connectivity index (χ1v) is 4.39. The molecule has 0 heterocycles. The van der Waals surface area contributed by atoms with E-state index in [0.717, 1.165) is 9.13 Å². The summed E-state index contributed by atoms with van der Waals surface area (Å²) in [6.07, 6.45) is 0. The summed E-state index contributed by atoms with van der Waals surface area (Å²) in [4.78, 5) is 0. The molecule has 0 unspecified atom stereocenters. The molecule has 1 aromatic rings. The molecule has 0 saturated heterocycles. The van der Waals surface area contributed by atoms with Crippen molar-refractivity contribution in [2.45, 2.75) is 13.0 Å². The molecule has 1 nitrogen and oxygen atoms in total. The minimum Gasteiger partial charge on any atom is -0.324 e. The topological polar surface area (TPSA) is 26.0 Å². The summed E-state index contributed by atoms with van der Waals surface area (Å²) in [5, 5.41) is 0. The van der Waals surface area contributed by atoms with Crippen LogP contribution in [-0.4, -0.2) is 0 Å². The zero-order valence-electron chi connectivity index (χ0n) is 6.14. The van der Waals surface area contributed by atoms with Gasteiger partial charge in [0, 0.05) is 9.61 Å². The molecule has 2 N–H and O–H groups in total. The number of halogens is 2. The summed E-state index contributed by atoms with van der Waals surface area (Å²) in [5.41, 5.74) is 6.42. The predicted molar refractivity (Wildman–Crippen MR) is 51.7 cm³/mol. The molecule has 3 heteroatoms. The molecular formula is C8H9FIN. The maximum absolute atomic E-state index is 12.7. The smallest absolute Gasteiger partial charge is 0.124 e. The predicted octanol–water partition coefficient (Wildman–Crippen LogP) is 2.45. The molecule has 1 aromatic carbocycles. The van der Waals surface area contributed by atoms with Crippen molar-refractivity contribution in [3.05, 3.63) is 33.1 Å². The summed E-state index contributed by atoms with van der Waals surface area (Å²) in [5.74, 6) is -0.218. The van der Waals surface area contributed by atoms with E-state index in [2.05, 4.69) is 22.6 Å². The summed E-state index contributed by atoms with van der Waals surface area (Å²) in [7, 11) is 0. The van der Waals surface area contributed by atoms with Gasteiger partial charge in [-0.15, -0.1) is 0 Å². The van der Waals surface area contributed by atoms with Crippen molar-refractivity contribution in [3.8, 4) is 0 Å². The molecule has 11 heavy (non-hydrogen) atoms. The quantitative estimate of drug-likeness (QED) is 0.775. The first-order valence-electron chi connectivity index (χ1n) is 3.31. The number of benzene rings is 1. The van der Waals surface area contributed by atoms with Crippen LogP contribution in [0, 0.1) is 9.39 Å². The highest BCUT2D eigenvalue weighted by Gasteiger charge is 2.01. The Kier molecular flexibility index (Phi) is 2.84. The lowest BCUT2D eigenvalue weighted by Crippen LogP contribution is -2.05. The van der Waals surface area contributed by atoms with E-state index >= 15 is 0 Å². The Morgan fingerprint density at radius 1 is 1.45 bits per heavy atom. The van der Waals surface area contributed by atoms with Gasteiger partial charge in [0.25, 0.3) is 0 Å². The summed E-state index contributed by atoms with van der Waals surface area (Å²) >= 11 is 2.07. The van der Waals surface area contributed by atoms with Crippen molar-refractivity contribution < 1.29 is 4.39 Å². The van der Waals surface area contributed by atoms with E-state index in [0.29, 0.717) is 0 Å². The maximum atomic E-state index is 12.7. The van der Waals surface area contributed by atoms with Crippen molar-refractivity contribution in [2.75, 3.05) is 0 Å². The highest BCUT2D eigenvalue weighted by molar-refractivity contribution is 14.1. The number of nitrogens with two attached hydrogens (primary N) is 1. The lowest BCUT2D eigenvalue weighted by molar-refractivity contribution is 0.621. The fourth-order valence-corrected chi connectivity index (χ4v) is 1.50. The summed E-state index contributed by atoms with van der Waals surface area (Å²) in [6.45, 7) is 1.84. The standard InChI is InChI=1S/C8H9FIN/c1-5(11)6-2-7(9)4-8(10)3-6/h2-5H,11H2,1H3/t5-/m1/s1. The second kappa shape index (κ2) is 3.49. The number of rotatable bonds is 1. The third kappa shape index (κ3) is 2.41. The molecule has 1 atom stereocenters. The Morgan fingerprint density at radius 2 is 2.09 bits per heavy atom. The molecule has 0 bridgehead atoms. The van der Waals surface area contributed by atoms with Gasteiger partial charge in [0.05, 0.1) is 0 Å². The molecule has 1 rings (SSSR count). The Labute approximate surface area is 78.9 Å². The normalized spacial score (nSPS) is 13.1. The second-order valence-corrected chi connectivity index (χ2v) is 3.74. The van der Waals surface area contributed by atoms with E-state index in [1.54, 1.807) is 0 Å². The molecule has 0 aliphatic rings. The van der Waals surface area contributed by atoms with Crippen molar-refractivity contribution in [3.63, 3.8) is 0 Å². The maximum Gasteiger partial charge on any atom is 0.124 e. The average molecular weight is 265 g/mol. The van der Waals surface area contributed by atoms with E-state index in [1.807, 2.05) is 13.0 Å². The number of hydrogen-bond donors (Lipinski definition) is 1. The van der Waals surface area contributed by atoms with Gasteiger partial charge in [0.15, 0.2) is 0 Å². The van der Waals surface area contributed by atoms with Gasteiger partial charge in [0.1, 0.15) is 5.82 Å². The van der Waals surface area contributed by atoms with E-state index in [-0.39, 0.29) is 11.9 Å². The largest absolute Gasteiger partial charge is 0.324 e. The van der Waals surface area contributed by atoms with Gasteiger partial charge in [-0.1, -0.05) is 0 Å². The van der Waals surface area contributed by atoms with E-state index < -0.39 is 0 Å². The van der Waals surface area contributed by atoms with Crippen LogP contribution in [0.3, 0.4) is 0 Å². The fraction of sp³-hybridized carbons (Fsp3) is 0.250. The molecular weight excluding hydrogens is 256 g/mol. The number of hydrogen-bond acceptors (Lipinski definition) is 1. The molecule has 0 fully saturated rings. The van der Waals surface area contributed by atoms with Gasteiger partial charge in [0.2, 0.25) is 0 Å². The van der Waals surface area contributed by atoms with E-state index in [9.17, 15) is 4.39 Å². The minimum atomic E-state index is -0.218. The Bertz CT molecular complexity index is 240. The van der Waals surface area contributed by atoms with Crippen molar-refractivity contribution in [1.82, 2.24) is 0 Å². The van der Waals surface area contributed by atoms with Crippen LogP contribution in [0.5, 0.6) is 0 Å². The zero-order chi connectivity index (χ0) is 8.43. The monoisotopic (exact) mass is 265 g/mol. The van der Waals surface area contributed by atoms with Gasteiger partial charge >= 0.3 is 0 Å². The minimum absolute atomic E-state index is 0.0979. The van der Waals surface area contributed by atoms with E-state index in [4.69, 9.17) is 5.73 Å². The van der Waals surface area contributed by atoms with Crippen LogP contribution in [0.25, 0.3) is 0 Å². The van der Waals surface area contributed by atoms with Crippen LogP contribution >= 0.6 is 22.6 Å². The van der Waals surface area contributed by atoms with E-state index in [1.165, 1.54) is 12.1 Å². The molecule has 0 radical (unpaired) electrons. The Morgan fingerprint density at radius 3 is 2.55 bits per heavy atom. The van der Waals surface area contributed by atoms with Gasteiger partial charge in [-0.05, 0) is 53.3 Å². The SMILES string of the molecule is C[C@@H](N)c1cc(F)cc(I)c1. The Hall–Kier alpha value is -0.160. The van der Waals surface area contributed by atoms with Crippen molar-refractivity contribution >= 4 is 22.6 Å². The van der Waals surface area contributed by atoms with Crippen molar-refractivity contribution in [2.24, 2.45) is 5.73 Å². The van der Waals surface area contributed by atoms with Crippen molar-refractivity contribution in [1.29, 1.82) is 0 Å². The average Bonchev–Trinajstić information content (AvgIpc) is 1.85. The van der Waals surface area contributed by atoms with Crippen LogP contribution in [0.2, 0.25) is 0 Å². The first kappa shape index (κ1) is 8.93. The lowest BCUT2D eigenvalue weighted by Gasteiger charge is -2.05. The Balaban J connectivity index is 3.08. The van der Waals surface area contributed by atoms with Crippen LogP contribution in [-0.2, 0) is 0 Å². The molecule has 0 aromatic heterocycles. The van der Waals surface area contributed by atoms with Crippen LogP contribution in [0.1, 0.15) is 18.5 Å².